The number of nitrogens with zero attached hydrogens (tertiary/aromatic N) is 2. The van der Waals surface area contributed by atoms with Crippen LogP contribution < -0.4 is 5.32 Å². The van der Waals surface area contributed by atoms with Crippen LogP contribution in [-0.4, -0.2) is 80.4 Å². The van der Waals surface area contributed by atoms with Crippen molar-refractivity contribution < 1.29 is 13.5 Å². The minimum Gasteiger partial charge on any atom is -0.395 e. The van der Waals surface area contributed by atoms with Gasteiger partial charge in [-0.1, -0.05) is 6.42 Å². The van der Waals surface area contributed by atoms with E-state index in [4.69, 9.17) is 5.11 Å². The van der Waals surface area contributed by atoms with Crippen molar-refractivity contribution in [3.05, 3.63) is 0 Å². The lowest BCUT2D eigenvalue weighted by Gasteiger charge is -2.25. The molecular formula is C14H29N3O3S. The largest absolute Gasteiger partial charge is 0.395 e. The summed E-state index contributed by atoms with van der Waals surface area (Å²) >= 11 is 0. The number of hydrogen-bond donors (Lipinski definition) is 2. The van der Waals surface area contributed by atoms with Gasteiger partial charge in [0.2, 0.25) is 10.0 Å². The quantitative estimate of drug-likeness (QED) is 0.712. The number of nitrogens with one attached hydrogen (secondary N) is 1. The van der Waals surface area contributed by atoms with Crippen molar-refractivity contribution in [2.24, 2.45) is 0 Å². The van der Waals surface area contributed by atoms with E-state index in [-0.39, 0.29) is 12.4 Å². The fourth-order valence-electron chi connectivity index (χ4n) is 3.18. The van der Waals surface area contributed by atoms with Crippen molar-refractivity contribution >= 4 is 10.0 Å². The lowest BCUT2D eigenvalue weighted by Crippen LogP contribution is -2.40. The third-order valence-electron chi connectivity index (χ3n) is 4.49. The van der Waals surface area contributed by atoms with Crippen LogP contribution in [0.15, 0.2) is 0 Å². The zero-order valence-corrected chi connectivity index (χ0v) is 13.7. The molecule has 1 atom stereocenters. The first-order chi connectivity index (χ1) is 10.1. The maximum Gasteiger partial charge on any atom is 0.214 e. The molecule has 0 radical (unpaired) electrons. The summed E-state index contributed by atoms with van der Waals surface area (Å²) in [5, 5.41) is 12.4. The molecular weight excluding hydrogens is 290 g/mol. The van der Waals surface area contributed by atoms with E-state index >= 15 is 0 Å². The number of piperidine rings is 1. The maximum atomic E-state index is 12.5. The first-order valence-corrected chi connectivity index (χ1v) is 9.77. The van der Waals surface area contributed by atoms with Gasteiger partial charge in [0, 0.05) is 32.2 Å². The monoisotopic (exact) mass is 319 g/mol. The first kappa shape index (κ1) is 17.1. The van der Waals surface area contributed by atoms with E-state index in [2.05, 4.69) is 10.2 Å². The molecule has 2 N–H and O–H groups in total. The Morgan fingerprint density at radius 3 is 2.67 bits per heavy atom. The molecule has 0 amide bonds. The van der Waals surface area contributed by atoms with Gasteiger partial charge in [-0.05, 0) is 38.8 Å². The van der Waals surface area contributed by atoms with E-state index in [1.165, 1.54) is 12.8 Å². The summed E-state index contributed by atoms with van der Waals surface area (Å²) in [5.41, 5.74) is 0. The van der Waals surface area contributed by atoms with Gasteiger partial charge >= 0.3 is 0 Å². The summed E-state index contributed by atoms with van der Waals surface area (Å²) in [6.45, 7) is 4.56. The zero-order valence-electron chi connectivity index (χ0n) is 12.8. The normalized spacial score (nSPS) is 26.6. The van der Waals surface area contributed by atoms with E-state index in [1.54, 1.807) is 4.31 Å². The van der Waals surface area contributed by atoms with Crippen LogP contribution in [0, 0.1) is 0 Å². The van der Waals surface area contributed by atoms with Crippen LogP contribution >= 0.6 is 0 Å². The highest BCUT2D eigenvalue weighted by atomic mass is 32.2. The highest BCUT2D eigenvalue weighted by molar-refractivity contribution is 7.89. The Hall–Kier alpha value is -0.210. The Balaban J connectivity index is 1.80. The molecule has 21 heavy (non-hydrogen) atoms. The average Bonchev–Trinajstić information content (AvgIpc) is 2.73. The van der Waals surface area contributed by atoms with Crippen LogP contribution in [-0.2, 0) is 10.0 Å². The Labute approximate surface area is 128 Å². The number of β-amino-alcohol motifs (C(OH)–C–C–N with tert-alkyl or cyclic N) is 1. The van der Waals surface area contributed by atoms with Gasteiger partial charge in [0.15, 0.2) is 0 Å². The molecule has 1 unspecified atom stereocenters. The van der Waals surface area contributed by atoms with Gasteiger partial charge < -0.3 is 10.4 Å². The molecule has 0 bridgehead atoms. The van der Waals surface area contributed by atoms with E-state index in [1.807, 2.05) is 0 Å². The van der Waals surface area contributed by atoms with Crippen molar-refractivity contribution in [2.75, 3.05) is 51.6 Å². The Bertz CT molecular complexity index is 396. The first-order valence-electron chi connectivity index (χ1n) is 8.16. The van der Waals surface area contributed by atoms with E-state index in [0.717, 1.165) is 38.9 Å². The van der Waals surface area contributed by atoms with Gasteiger partial charge in [-0.25, -0.2) is 12.7 Å². The highest BCUT2D eigenvalue weighted by Crippen LogP contribution is 2.14. The SMILES string of the molecule is O=S(=O)(CCC1CCCCN1)N1CCCN(CCO)CC1. The van der Waals surface area contributed by atoms with Gasteiger partial charge in [0.1, 0.15) is 0 Å². The molecule has 2 aliphatic rings. The molecule has 0 aliphatic carbocycles. The van der Waals surface area contributed by atoms with E-state index in [9.17, 15) is 8.42 Å². The van der Waals surface area contributed by atoms with E-state index < -0.39 is 10.0 Å². The van der Waals surface area contributed by atoms with Gasteiger partial charge in [0.05, 0.1) is 12.4 Å². The van der Waals surface area contributed by atoms with Crippen molar-refractivity contribution in [3.8, 4) is 0 Å². The molecule has 2 saturated heterocycles. The lowest BCUT2D eigenvalue weighted by atomic mass is 10.0. The number of aliphatic hydroxyl groups excluding tert-OH is 1. The smallest absolute Gasteiger partial charge is 0.214 e. The van der Waals surface area contributed by atoms with Crippen LogP contribution in [0.25, 0.3) is 0 Å². The number of rotatable bonds is 6. The second-order valence-corrected chi connectivity index (χ2v) is 8.16. The van der Waals surface area contributed by atoms with Crippen LogP contribution in [0.1, 0.15) is 32.1 Å². The average molecular weight is 319 g/mol. The third-order valence-corrected chi connectivity index (χ3v) is 6.40. The summed E-state index contributed by atoms with van der Waals surface area (Å²) in [5.74, 6) is 0.255. The molecule has 0 aromatic carbocycles. The van der Waals surface area contributed by atoms with Crippen LogP contribution in [0.4, 0.5) is 0 Å². The minimum atomic E-state index is -3.14. The molecule has 2 aliphatic heterocycles. The predicted octanol–water partition coefficient (Wildman–Crippen LogP) is -0.152. The summed E-state index contributed by atoms with van der Waals surface area (Å²) < 4.78 is 26.6. The zero-order chi connectivity index (χ0) is 15.1. The van der Waals surface area contributed by atoms with Gasteiger partial charge in [-0.2, -0.15) is 0 Å². The van der Waals surface area contributed by atoms with Crippen molar-refractivity contribution in [1.29, 1.82) is 0 Å². The molecule has 7 heteroatoms. The molecule has 0 spiro atoms. The van der Waals surface area contributed by atoms with E-state index in [0.29, 0.717) is 25.7 Å². The van der Waals surface area contributed by atoms with Crippen molar-refractivity contribution in [2.45, 2.75) is 38.1 Å². The lowest BCUT2D eigenvalue weighted by molar-refractivity contribution is 0.202. The molecule has 6 nitrogen and oxygen atoms in total. The second kappa shape index (κ2) is 8.43. The molecule has 0 saturated carbocycles. The van der Waals surface area contributed by atoms with Crippen molar-refractivity contribution in [3.63, 3.8) is 0 Å². The molecule has 0 aromatic heterocycles. The molecule has 124 valence electrons. The third kappa shape index (κ3) is 5.49. The Morgan fingerprint density at radius 1 is 1.10 bits per heavy atom. The Morgan fingerprint density at radius 2 is 1.95 bits per heavy atom. The van der Waals surface area contributed by atoms with Crippen LogP contribution in [0.3, 0.4) is 0 Å². The number of sulfonamides is 1. The van der Waals surface area contributed by atoms with Gasteiger partial charge in [0.25, 0.3) is 0 Å². The summed E-state index contributed by atoms with van der Waals surface area (Å²) in [6, 6.07) is 0.367. The molecule has 2 heterocycles. The Kier molecular flexibility index (Phi) is 6.88. The number of aliphatic hydroxyl groups is 1. The fourth-order valence-corrected chi connectivity index (χ4v) is 4.79. The summed E-state index contributed by atoms with van der Waals surface area (Å²) in [4.78, 5) is 2.14. The maximum absolute atomic E-state index is 12.5. The van der Waals surface area contributed by atoms with Crippen molar-refractivity contribution in [1.82, 2.24) is 14.5 Å². The van der Waals surface area contributed by atoms with Gasteiger partial charge in [-0.15, -0.1) is 0 Å². The predicted molar refractivity (Wildman–Crippen MR) is 83.8 cm³/mol. The van der Waals surface area contributed by atoms with Crippen LogP contribution in [0.2, 0.25) is 0 Å². The fraction of sp³-hybridized carbons (Fsp3) is 1.00. The topological polar surface area (TPSA) is 72.9 Å². The molecule has 0 aromatic rings. The summed E-state index contributed by atoms with van der Waals surface area (Å²) in [7, 11) is -3.14. The number of hydrogen-bond acceptors (Lipinski definition) is 5. The standard InChI is InChI=1S/C14H29N3O3S/c18-12-11-16-7-3-8-17(10-9-16)21(19,20)13-5-14-4-1-2-6-15-14/h14-15,18H,1-13H2. The minimum absolute atomic E-state index is 0.139. The van der Waals surface area contributed by atoms with Gasteiger partial charge in [-0.3, -0.25) is 4.90 Å². The highest BCUT2D eigenvalue weighted by Gasteiger charge is 2.26. The van der Waals surface area contributed by atoms with Crippen LogP contribution in [0.5, 0.6) is 0 Å². The molecule has 2 rings (SSSR count). The summed E-state index contributed by atoms with van der Waals surface area (Å²) in [6.07, 6.45) is 5.08. The second-order valence-electron chi connectivity index (χ2n) is 6.07. The molecule has 2 fully saturated rings.